The van der Waals surface area contributed by atoms with Crippen molar-refractivity contribution in [1.29, 1.82) is 0 Å². The maximum absolute atomic E-state index is 11.6. The molecule has 26 heavy (non-hydrogen) atoms. The summed E-state index contributed by atoms with van der Waals surface area (Å²) in [6.07, 6.45) is 6.36. The number of carbonyl (C=O) groups is 1. The smallest absolute Gasteiger partial charge is 0.330 e. The maximum Gasteiger partial charge on any atom is 0.330 e. The minimum absolute atomic E-state index is 0.0968. The van der Waals surface area contributed by atoms with Crippen LogP contribution in [0.5, 0.6) is 0 Å². The fraction of sp³-hybridized carbons (Fsp3) is 0.737. The van der Waals surface area contributed by atoms with Crippen LogP contribution in [-0.4, -0.2) is 61.8 Å². The van der Waals surface area contributed by atoms with Gasteiger partial charge in [0.15, 0.2) is 11.6 Å². The van der Waals surface area contributed by atoms with Crippen LogP contribution in [0.2, 0.25) is 0 Å². The van der Waals surface area contributed by atoms with Crippen molar-refractivity contribution in [2.24, 2.45) is 0 Å². The first-order chi connectivity index (χ1) is 12.2. The second kappa shape index (κ2) is 8.51. The molecule has 2 aliphatic heterocycles. The van der Waals surface area contributed by atoms with Crippen molar-refractivity contribution < 1.29 is 33.2 Å². The van der Waals surface area contributed by atoms with E-state index in [1.54, 1.807) is 26.8 Å². The first-order valence-corrected chi connectivity index (χ1v) is 8.75. The Bertz CT molecular complexity index is 561. The highest BCUT2D eigenvalue weighted by molar-refractivity contribution is 5.81. The first-order valence-electron chi connectivity index (χ1n) is 8.75. The summed E-state index contributed by atoms with van der Waals surface area (Å²) in [6.45, 7) is 9.75. The van der Waals surface area contributed by atoms with Crippen LogP contribution in [0.3, 0.4) is 0 Å². The third kappa shape index (κ3) is 5.53. The maximum atomic E-state index is 11.6. The molecule has 0 amide bonds. The van der Waals surface area contributed by atoms with Gasteiger partial charge in [0.25, 0.3) is 0 Å². The Hall–Kier alpha value is -1.43. The Morgan fingerprint density at radius 1 is 1.27 bits per heavy atom. The molecule has 0 aromatic carbocycles. The standard InChI is InChI=1S/C19H28O7/c1-7-11-22-16(14-12-23-18(3,4)25-14)17-13(24-19(5,6)26-17)9-10-15(20)21-8-2/h1,9-10,13-14,16-17H,8,11-12H2,2-6H3/b10-9+/t13-,14-,16-,17-/m1/s1. The predicted octanol–water partition coefficient (Wildman–Crippen LogP) is 1.80. The molecule has 2 aliphatic rings. The van der Waals surface area contributed by atoms with E-state index in [0.717, 1.165) is 0 Å². The number of terminal acetylenes is 1. The van der Waals surface area contributed by atoms with Gasteiger partial charge in [-0.2, -0.15) is 0 Å². The monoisotopic (exact) mass is 368 g/mol. The fourth-order valence-corrected chi connectivity index (χ4v) is 3.02. The Labute approximate surface area is 154 Å². The molecule has 2 rings (SSSR count). The van der Waals surface area contributed by atoms with Crippen molar-refractivity contribution in [2.75, 3.05) is 19.8 Å². The van der Waals surface area contributed by atoms with E-state index in [1.165, 1.54) is 6.08 Å². The Balaban J connectivity index is 2.19. The molecule has 7 nitrogen and oxygen atoms in total. The van der Waals surface area contributed by atoms with Gasteiger partial charge in [0.05, 0.1) is 13.2 Å². The molecule has 0 aliphatic carbocycles. The minimum Gasteiger partial charge on any atom is -0.463 e. The van der Waals surface area contributed by atoms with E-state index in [1.807, 2.05) is 13.8 Å². The fourth-order valence-electron chi connectivity index (χ4n) is 3.02. The molecule has 0 unspecified atom stereocenters. The summed E-state index contributed by atoms with van der Waals surface area (Å²) in [7, 11) is 0. The lowest BCUT2D eigenvalue weighted by Crippen LogP contribution is -2.46. The highest BCUT2D eigenvalue weighted by Crippen LogP contribution is 2.36. The van der Waals surface area contributed by atoms with Crippen molar-refractivity contribution in [3.05, 3.63) is 12.2 Å². The van der Waals surface area contributed by atoms with Crippen LogP contribution in [0.4, 0.5) is 0 Å². The molecule has 2 fully saturated rings. The van der Waals surface area contributed by atoms with Gasteiger partial charge in [-0.15, -0.1) is 6.42 Å². The highest BCUT2D eigenvalue weighted by Gasteiger charge is 2.50. The van der Waals surface area contributed by atoms with Gasteiger partial charge in [0.1, 0.15) is 31.0 Å². The summed E-state index contributed by atoms with van der Waals surface area (Å²) >= 11 is 0. The first kappa shape index (κ1) is 20.9. The van der Waals surface area contributed by atoms with Gasteiger partial charge in [-0.05, 0) is 40.7 Å². The van der Waals surface area contributed by atoms with Crippen molar-refractivity contribution in [2.45, 2.75) is 70.6 Å². The average molecular weight is 368 g/mol. The number of esters is 1. The molecular formula is C19H28O7. The molecule has 2 heterocycles. The molecular weight excluding hydrogens is 340 g/mol. The summed E-state index contributed by atoms with van der Waals surface area (Å²) in [5.41, 5.74) is 0. The normalized spacial score (nSPS) is 31.0. The zero-order valence-electron chi connectivity index (χ0n) is 16.0. The van der Waals surface area contributed by atoms with Crippen molar-refractivity contribution >= 4 is 5.97 Å². The van der Waals surface area contributed by atoms with E-state index in [4.69, 9.17) is 34.8 Å². The topological polar surface area (TPSA) is 72.5 Å². The number of hydrogen-bond acceptors (Lipinski definition) is 7. The van der Waals surface area contributed by atoms with E-state index in [0.29, 0.717) is 13.2 Å². The molecule has 0 bridgehead atoms. The highest BCUT2D eigenvalue weighted by atomic mass is 16.8. The molecule has 2 saturated heterocycles. The van der Waals surface area contributed by atoms with Crippen LogP contribution in [0, 0.1) is 12.3 Å². The van der Waals surface area contributed by atoms with E-state index < -0.39 is 35.9 Å². The Kier molecular flexibility index (Phi) is 6.83. The zero-order valence-corrected chi connectivity index (χ0v) is 16.0. The number of rotatable bonds is 7. The van der Waals surface area contributed by atoms with Gasteiger partial charge < -0.3 is 28.4 Å². The predicted molar refractivity (Wildman–Crippen MR) is 93.1 cm³/mol. The molecule has 0 N–H and O–H groups in total. The van der Waals surface area contributed by atoms with E-state index >= 15 is 0 Å². The summed E-state index contributed by atoms with van der Waals surface area (Å²) in [5, 5.41) is 0. The quantitative estimate of drug-likeness (QED) is 0.385. The average Bonchev–Trinajstić information content (AvgIpc) is 3.05. The van der Waals surface area contributed by atoms with E-state index in [-0.39, 0.29) is 12.7 Å². The van der Waals surface area contributed by atoms with Crippen molar-refractivity contribution in [1.82, 2.24) is 0 Å². The summed E-state index contributed by atoms with van der Waals surface area (Å²) in [4.78, 5) is 11.6. The van der Waals surface area contributed by atoms with Gasteiger partial charge in [0.2, 0.25) is 0 Å². The molecule has 7 heteroatoms. The van der Waals surface area contributed by atoms with Gasteiger partial charge in [0, 0.05) is 6.08 Å². The lowest BCUT2D eigenvalue weighted by atomic mass is 10.0. The number of hydrogen-bond donors (Lipinski definition) is 0. The minimum atomic E-state index is -0.846. The van der Waals surface area contributed by atoms with Gasteiger partial charge >= 0.3 is 5.97 Å². The summed E-state index contributed by atoms with van der Waals surface area (Å²) in [6, 6.07) is 0. The molecule has 4 atom stereocenters. The molecule has 146 valence electrons. The molecule has 0 aromatic rings. The third-order valence-corrected chi connectivity index (χ3v) is 3.95. The van der Waals surface area contributed by atoms with E-state index in [2.05, 4.69) is 5.92 Å². The number of ether oxygens (including phenoxy) is 6. The van der Waals surface area contributed by atoms with Crippen LogP contribution in [0.15, 0.2) is 12.2 Å². The van der Waals surface area contributed by atoms with Crippen LogP contribution in [-0.2, 0) is 33.2 Å². The lowest BCUT2D eigenvalue weighted by molar-refractivity contribution is -0.186. The summed E-state index contributed by atoms with van der Waals surface area (Å²) in [5.74, 6) is 0.458. The second-order valence-corrected chi connectivity index (χ2v) is 7.02. The SMILES string of the molecule is C#CCO[C@@H]([C@@H]1OC(C)(C)O[C@@H]1/C=C/C(=O)OCC)[C@H]1COC(C)(C)O1. The van der Waals surface area contributed by atoms with Gasteiger partial charge in [-0.3, -0.25) is 0 Å². The molecule has 0 saturated carbocycles. The molecule has 0 spiro atoms. The third-order valence-electron chi connectivity index (χ3n) is 3.95. The number of carbonyl (C=O) groups excluding carboxylic acids is 1. The van der Waals surface area contributed by atoms with Crippen LogP contribution in [0.1, 0.15) is 34.6 Å². The summed E-state index contributed by atoms with van der Waals surface area (Å²) < 4.78 is 34.3. The van der Waals surface area contributed by atoms with Crippen molar-refractivity contribution in [3.8, 4) is 12.3 Å². The molecule has 0 radical (unpaired) electrons. The van der Waals surface area contributed by atoms with Gasteiger partial charge in [-0.25, -0.2) is 4.79 Å². The van der Waals surface area contributed by atoms with Crippen LogP contribution in [0.25, 0.3) is 0 Å². The Morgan fingerprint density at radius 2 is 2.00 bits per heavy atom. The second-order valence-electron chi connectivity index (χ2n) is 7.02. The Morgan fingerprint density at radius 3 is 2.58 bits per heavy atom. The van der Waals surface area contributed by atoms with Gasteiger partial charge in [-0.1, -0.05) is 5.92 Å². The van der Waals surface area contributed by atoms with Crippen LogP contribution < -0.4 is 0 Å². The lowest BCUT2D eigenvalue weighted by Gasteiger charge is -2.29. The molecule has 0 aromatic heterocycles. The van der Waals surface area contributed by atoms with Crippen LogP contribution >= 0.6 is 0 Å². The largest absolute Gasteiger partial charge is 0.463 e. The zero-order chi connectivity index (χ0) is 19.4. The van der Waals surface area contributed by atoms with E-state index in [9.17, 15) is 4.79 Å². The van der Waals surface area contributed by atoms with Crippen molar-refractivity contribution in [3.63, 3.8) is 0 Å².